The van der Waals surface area contributed by atoms with Gasteiger partial charge in [-0.05, 0) is 24.0 Å². The largest absolute Gasteiger partial charge is 0.365 e. The normalized spacial score (nSPS) is 33.9. The average molecular weight is 210 g/mol. The molecule has 1 aromatic heterocycles. The summed E-state index contributed by atoms with van der Waals surface area (Å²) in [6, 6.07) is 4.31. The van der Waals surface area contributed by atoms with Gasteiger partial charge in [-0.2, -0.15) is 0 Å². The van der Waals surface area contributed by atoms with Gasteiger partial charge >= 0.3 is 0 Å². The van der Waals surface area contributed by atoms with Crippen LogP contribution < -0.4 is 10.6 Å². The SMILES string of the molecule is Clc1cccnc1NC1C2CNCC21. The van der Waals surface area contributed by atoms with Crippen molar-refractivity contribution in [1.82, 2.24) is 10.3 Å². The molecule has 1 aliphatic heterocycles. The molecule has 4 heteroatoms. The first kappa shape index (κ1) is 8.50. The zero-order chi connectivity index (χ0) is 9.54. The lowest BCUT2D eigenvalue weighted by molar-refractivity contribution is 0.695. The molecule has 1 aliphatic carbocycles. The van der Waals surface area contributed by atoms with E-state index < -0.39 is 0 Å². The highest BCUT2D eigenvalue weighted by Gasteiger charge is 2.53. The van der Waals surface area contributed by atoms with Gasteiger partial charge in [0.05, 0.1) is 5.02 Å². The molecule has 0 bridgehead atoms. The van der Waals surface area contributed by atoms with E-state index in [1.807, 2.05) is 12.1 Å². The molecule has 2 N–H and O–H groups in total. The van der Waals surface area contributed by atoms with Crippen molar-refractivity contribution in [3.05, 3.63) is 23.4 Å². The zero-order valence-electron chi connectivity index (χ0n) is 7.70. The van der Waals surface area contributed by atoms with Gasteiger partial charge in [0.1, 0.15) is 5.82 Å². The van der Waals surface area contributed by atoms with Crippen molar-refractivity contribution < 1.29 is 0 Å². The van der Waals surface area contributed by atoms with Crippen LogP contribution in [0.15, 0.2) is 18.3 Å². The highest BCUT2D eigenvalue weighted by atomic mass is 35.5. The molecule has 0 spiro atoms. The number of rotatable bonds is 2. The number of piperidine rings is 1. The molecule has 1 aromatic rings. The molecule has 3 nitrogen and oxygen atoms in total. The summed E-state index contributed by atoms with van der Waals surface area (Å²) in [4.78, 5) is 4.22. The molecule has 3 rings (SSSR count). The Labute approximate surface area is 87.9 Å². The van der Waals surface area contributed by atoms with E-state index in [2.05, 4.69) is 15.6 Å². The maximum absolute atomic E-state index is 6.01. The van der Waals surface area contributed by atoms with Crippen molar-refractivity contribution in [2.45, 2.75) is 6.04 Å². The van der Waals surface area contributed by atoms with Crippen LogP contribution in [0.3, 0.4) is 0 Å². The average Bonchev–Trinajstić information content (AvgIpc) is 2.64. The molecule has 2 heterocycles. The Balaban J connectivity index is 1.71. The van der Waals surface area contributed by atoms with E-state index in [0.717, 1.165) is 30.7 Å². The number of halogens is 1. The minimum absolute atomic E-state index is 0.587. The molecule has 2 unspecified atom stereocenters. The van der Waals surface area contributed by atoms with E-state index in [1.165, 1.54) is 0 Å². The lowest BCUT2D eigenvalue weighted by Gasteiger charge is -2.08. The molecule has 2 fully saturated rings. The van der Waals surface area contributed by atoms with Crippen molar-refractivity contribution >= 4 is 17.4 Å². The van der Waals surface area contributed by atoms with E-state index in [4.69, 9.17) is 11.6 Å². The van der Waals surface area contributed by atoms with Crippen LogP contribution in [0, 0.1) is 11.8 Å². The Morgan fingerprint density at radius 1 is 1.43 bits per heavy atom. The summed E-state index contributed by atoms with van der Waals surface area (Å²) in [5.41, 5.74) is 0. The third-order valence-corrected chi connectivity index (χ3v) is 3.46. The van der Waals surface area contributed by atoms with Crippen LogP contribution >= 0.6 is 11.6 Å². The van der Waals surface area contributed by atoms with E-state index in [0.29, 0.717) is 11.1 Å². The van der Waals surface area contributed by atoms with Crippen LogP contribution in [0.1, 0.15) is 0 Å². The van der Waals surface area contributed by atoms with Gasteiger partial charge in [-0.1, -0.05) is 11.6 Å². The second-order valence-corrected chi connectivity index (χ2v) is 4.40. The van der Waals surface area contributed by atoms with Crippen LogP contribution in [-0.2, 0) is 0 Å². The Morgan fingerprint density at radius 2 is 2.21 bits per heavy atom. The summed E-state index contributed by atoms with van der Waals surface area (Å²) in [6.45, 7) is 2.26. The molecular formula is C10H12ClN3. The van der Waals surface area contributed by atoms with Crippen molar-refractivity contribution in [3.8, 4) is 0 Å². The van der Waals surface area contributed by atoms with Crippen LogP contribution in [0.2, 0.25) is 5.02 Å². The molecule has 1 saturated carbocycles. The monoisotopic (exact) mass is 209 g/mol. The van der Waals surface area contributed by atoms with Crippen LogP contribution in [0.25, 0.3) is 0 Å². The fraction of sp³-hybridized carbons (Fsp3) is 0.500. The van der Waals surface area contributed by atoms with Gasteiger partial charge < -0.3 is 10.6 Å². The van der Waals surface area contributed by atoms with Crippen LogP contribution in [-0.4, -0.2) is 24.1 Å². The highest BCUT2D eigenvalue weighted by Crippen LogP contribution is 2.44. The van der Waals surface area contributed by atoms with Crippen LogP contribution in [0.4, 0.5) is 5.82 Å². The van der Waals surface area contributed by atoms with Gasteiger partial charge in [0, 0.05) is 25.3 Å². The van der Waals surface area contributed by atoms with Crippen molar-refractivity contribution in [2.24, 2.45) is 11.8 Å². The zero-order valence-corrected chi connectivity index (χ0v) is 8.46. The third-order valence-electron chi connectivity index (χ3n) is 3.15. The minimum atomic E-state index is 0.587. The summed E-state index contributed by atoms with van der Waals surface area (Å²) in [7, 11) is 0. The predicted molar refractivity (Wildman–Crippen MR) is 56.5 cm³/mol. The summed E-state index contributed by atoms with van der Waals surface area (Å²) in [5.74, 6) is 2.40. The molecule has 0 aromatic carbocycles. The lowest BCUT2D eigenvalue weighted by Crippen LogP contribution is -2.21. The maximum Gasteiger partial charge on any atom is 0.144 e. The van der Waals surface area contributed by atoms with Gasteiger partial charge in [-0.15, -0.1) is 0 Å². The highest BCUT2D eigenvalue weighted by molar-refractivity contribution is 6.32. The maximum atomic E-state index is 6.01. The number of nitrogens with zero attached hydrogens (tertiary/aromatic N) is 1. The molecule has 1 saturated heterocycles. The summed E-state index contributed by atoms with van der Waals surface area (Å²) in [6.07, 6.45) is 1.77. The first-order chi connectivity index (χ1) is 6.86. The molecule has 14 heavy (non-hydrogen) atoms. The van der Waals surface area contributed by atoms with Gasteiger partial charge in [0.25, 0.3) is 0 Å². The standard InChI is InChI=1S/C10H12ClN3/c11-8-2-1-3-13-10(8)14-9-6-4-12-5-7(6)9/h1-3,6-7,9,12H,4-5H2,(H,13,14). The summed E-state index contributed by atoms with van der Waals surface area (Å²) in [5, 5.41) is 7.48. The van der Waals surface area contributed by atoms with E-state index in [9.17, 15) is 0 Å². The first-order valence-electron chi connectivity index (χ1n) is 4.94. The third kappa shape index (κ3) is 1.28. The quantitative estimate of drug-likeness (QED) is 0.773. The Morgan fingerprint density at radius 3 is 2.93 bits per heavy atom. The molecule has 0 amide bonds. The smallest absolute Gasteiger partial charge is 0.144 e. The molecule has 74 valence electrons. The number of aromatic nitrogens is 1. The molecule has 2 atom stereocenters. The van der Waals surface area contributed by atoms with Gasteiger partial charge in [-0.25, -0.2) is 4.98 Å². The summed E-state index contributed by atoms with van der Waals surface area (Å²) < 4.78 is 0. The molecule has 2 aliphatic rings. The predicted octanol–water partition coefficient (Wildman–Crippen LogP) is 1.36. The molecule has 0 radical (unpaired) electrons. The Kier molecular flexibility index (Phi) is 1.89. The fourth-order valence-electron chi connectivity index (χ4n) is 2.28. The number of nitrogens with one attached hydrogen (secondary N) is 2. The lowest BCUT2D eigenvalue weighted by atomic mass is 10.4. The van der Waals surface area contributed by atoms with E-state index in [-0.39, 0.29) is 0 Å². The molecular weight excluding hydrogens is 198 g/mol. The number of anilines is 1. The van der Waals surface area contributed by atoms with E-state index in [1.54, 1.807) is 6.20 Å². The van der Waals surface area contributed by atoms with Crippen LogP contribution in [0.5, 0.6) is 0 Å². The number of fused-ring (bicyclic) bond motifs is 1. The Hall–Kier alpha value is -0.800. The Bertz CT molecular complexity index is 345. The summed E-state index contributed by atoms with van der Waals surface area (Å²) >= 11 is 6.01. The van der Waals surface area contributed by atoms with Crippen molar-refractivity contribution in [1.29, 1.82) is 0 Å². The second kappa shape index (κ2) is 3.11. The second-order valence-electron chi connectivity index (χ2n) is 3.99. The topological polar surface area (TPSA) is 37.0 Å². The first-order valence-corrected chi connectivity index (χ1v) is 5.32. The minimum Gasteiger partial charge on any atom is -0.365 e. The van der Waals surface area contributed by atoms with Gasteiger partial charge in [0.2, 0.25) is 0 Å². The van der Waals surface area contributed by atoms with E-state index >= 15 is 0 Å². The number of pyridine rings is 1. The van der Waals surface area contributed by atoms with Crippen molar-refractivity contribution in [2.75, 3.05) is 18.4 Å². The number of hydrogen-bond acceptors (Lipinski definition) is 3. The van der Waals surface area contributed by atoms with Gasteiger partial charge in [0.15, 0.2) is 0 Å². The van der Waals surface area contributed by atoms with Gasteiger partial charge in [-0.3, -0.25) is 0 Å². The number of hydrogen-bond donors (Lipinski definition) is 2. The fourth-order valence-corrected chi connectivity index (χ4v) is 2.46. The van der Waals surface area contributed by atoms with Crippen molar-refractivity contribution in [3.63, 3.8) is 0 Å².